The lowest BCUT2D eigenvalue weighted by atomic mass is 9.99. The van der Waals surface area contributed by atoms with Crippen molar-refractivity contribution < 1.29 is 36.6 Å². The van der Waals surface area contributed by atoms with Gasteiger partial charge < -0.3 is 20.6 Å². The topological polar surface area (TPSA) is 112 Å². The summed E-state index contributed by atoms with van der Waals surface area (Å²) >= 11 is 12.1. The van der Waals surface area contributed by atoms with Crippen LogP contribution in [-0.4, -0.2) is 74.3 Å². The zero-order valence-electron chi connectivity index (χ0n) is 20.7. The van der Waals surface area contributed by atoms with E-state index in [9.17, 15) is 36.6 Å². The largest absolute Gasteiger partial charge is 0.433 e. The number of pyridine rings is 1. The van der Waals surface area contributed by atoms with Crippen LogP contribution in [0.15, 0.2) is 30.5 Å². The van der Waals surface area contributed by atoms with Gasteiger partial charge in [-0.05, 0) is 37.6 Å². The fraction of sp³-hybridized carbons (Fsp3) is 0.417. The number of aliphatic hydroxyl groups is 1. The van der Waals surface area contributed by atoms with E-state index in [-0.39, 0.29) is 58.4 Å². The molecule has 3 N–H and O–H groups in total. The maximum absolute atomic E-state index is 13.5. The van der Waals surface area contributed by atoms with E-state index in [1.807, 2.05) is 0 Å². The molecule has 0 radical (unpaired) electrons. The van der Waals surface area contributed by atoms with Gasteiger partial charge in [0.15, 0.2) is 5.15 Å². The van der Waals surface area contributed by atoms with Gasteiger partial charge in [0.1, 0.15) is 5.69 Å². The summed E-state index contributed by atoms with van der Waals surface area (Å²) in [5.74, 6) is -2.20. The van der Waals surface area contributed by atoms with E-state index in [2.05, 4.69) is 20.7 Å². The van der Waals surface area contributed by atoms with Crippen LogP contribution in [-0.2, 0) is 17.5 Å². The number of hydrogen-bond acceptors (Lipinski definition) is 6. The quantitative estimate of drug-likeness (QED) is 0.346. The van der Waals surface area contributed by atoms with Gasteiger partial charge in [-0.2, -0.15) is 27.1 Å². The Morgan fingerprint density at radius 3 is 2.52 bits per heavy atom. The van der Waals surface area contributed by atoms with Crippen LogP contribution >= 0.6 is 23.2 Å². The molecule has 1 fully saturated rings. The highest BCUT2D eigenvalue weighted by Crippen LogP contribution is 2.35. The number of fused-ring (bicyclic) bond motifs is 1. The number of likely N-dealkylation sites (tertiary alicyclic amines) is 1. The molecule has 40 heavy (non-hydrogen) atoms. The third-order valence-corrected chi connectivity index (χ3v) is 6.63. The van der Waals surface area contributed by atoms with Gasteiger partial charge in [0.05, 0.1) is 23.7 Å². The van der Waals surface area contributed by atoms with Crippen molar-refractivity contribution in [2.24, 2.45) is 0 Å². The van der Waals surface area contributed by atoms with Crippen LogP contribution in [0.1, 0.15) is 29.4 Å². The summed E-state index contributed by atoms with van der Waals surface area (Å²) < 4.78 is 68.6. The maximum atomic E-state index is 13.5. The first-order valence-corrected chi connectivity index (χ1v) is 12.7. The zero-order valence-corrected chi connectivity index (χ0v) is 22.2. The van der Waals surface area contributed by atoms with Gasteiger partial charge in [-0.15, -0.1) is 0 Å². The average molecular weight is 609 g/mol. The van der Waals surface area contributed by atoms with Gasteiger partial charge in [0.25, 0.3) is 11.8 Å². The number of aliphatic hydroxyl groups excluding tert-OH is 1. The summed E-state index contributed by atoms with van der Waals surface area (Å²) in [7, 11) is 0. The highest BCUT2D eigenvalue weighted by Gasteiger charge is 2.36. The number of piperidine rings is 1. The number of halogens is 7. The van der Waals surface area contributed by atoms with E-state index in [4.69, 9.17) is 23.2 Å². The molecule has 0 aliphatic carbocycles. The number of carbonyl (C=O) groups excluding carboxylic acids is 2. The fourth-order valence-electron chi connectivity index (χ4n) is 4.49. The summed E-state index contributed by atoms with van der Waals surface area (Å²) in [4.78, 5) is 29.6. The van der Waals surface area contributed by atoms with Crippen molar-refractivity contribution in [2.75, 3.05) is 18.4 Å². The number of carbonyl (C=O) groups is 2. The summed E-state index contributed by atoms with van der Waals surface area (Å²) in [5.41, 5.74) is -1.26. The lowest BCUT2D eigenvalue weighted by molar-refractivity contribution is -0.144. The predicted molar refractivity (Wildman–Crippen MR) is 137 cm³/mol. The molecule has 4 rings (SSSR count). The first-order chi connectivity index (χ1) is 18.7. The fourth-order valence-corrected chi connectivity index (χ4v) is 4.89. The van der Waals surface area contributed by atoms with E-state index >= 15 is 0 Å². The molecular formula is C24H23Cl2F5N6O3. The number of hydrogen-bond donors (Lipinski definition) is 3. The molecule has 9 nitrogen and oxygen atoms in total. The smallest absolute Gasteiger partial charge is 0.391 e. The molecule has 3 heterocycles. The summed E-state index contributed by atoms with van der Waals surface area (Å²) in [6, 6.07) is 3.15. The van der Waals surface area contributed by atoms with Gasteiger partial charge in [-0.1, -0.05) is 23.2 Å². The highest BCUT2D eigenvalue weighted by molar-refractivity contribution is 6.32. The van der Waals surface area contributed by atoms with E-state index in [0.29, 0.717) is 0 Å². The number of nitrogens with one attached hydrogen (secondary N) is 2. The van der Waals surface area contributed by atoms with Crippen LogP contribution in [0, 0.1) is 0 Å². The normalized spacial score (nSPS) is 18.7. The summed E-state index contributed by atoms with van der Waals surface area (Å²) in [6.45, 7) is 1.03. The number of benzene rings is 1. The Morgan fingerprint density at radius 1 is 1.18 bits per heavy atom. The van der Waals surface area contributed by atoms with E-state index in [1.165, 1.54) is 36.0 Å². The second-order valence-corrected chi connectivity index (χ2v) is 10.2. The van der Waals surface area contributed by atoms with Gasteiger partial charge in [-0.25, -0.2) is 4.98 Å². The first kappa shape index (κ1) is 29.7. The van der Waals surface area contributed by atoms with Gasteiger partial charge >= 0.3 is 12.6 Å². The molecule has 1 saturated heterocycles. The lowest BCUT2D eigenvalue weighted by Crippen LogP contribution is -2.57. The summed E-state index contributed by atoms with van der Waals surface area (Å²) in [5, 5.41) is 19.3. The van der Waals surface area contributed by atoms with Crippen LogP contribution in [0.25, 0.3) is 10.9 Å². The molecule has 0 spiro atoms. The third-order valence-electron chi connectivity index (χ3n) is 6.12. The molecule has 0 bridgehead atoms. The second kappa shape index (κ2) is 11.7. The van der Waals surface area contributed by atoms with E-state index in [0.717, 1.165) is 11.0 Å². The van der Waals surface area contributed by atoms with Crippen LogP contribution < -0.4 is 10.6 Å². The van der Waals surface area contributed by atoms with Gasteiger partial charge in [0.2, 0.25) is 0 Å². The zero-order chi connectivity index (χ0) is 29.4. The molecule has 1 aliphatic rings. The van der Waals surface area contributed by atoms with Crippen LogP contribution in [0.3, 0.4) is 0 Å². The number of aromatic nitrogens is 3. The van der Waals surface area contributed by atoms with Crippen molar-refractivity contribution in [1.29, 1.82) is 0 Å². The minimum absolute atomic E-state index is 0.00764. The second-order valence-electron chi connectivity index (χ2n) is 9.41. The van der Waals surface area contributed by atoms with Gasteiger partial charge in [-0.3, -0.25) is 14.3 Å². The molecule has 1 aromatic carbocycles. The average Bonchev–Trinajstić information content (AvgIpc) is 3.22. The van der Waals surface area contributed by atoms with Crippen molar-refractivity contribution >= 4 is 51.6 Å². The molecule has 1 aliphatic heterocycles. The van der Waals surface area contributed by atoms with Crippen LogP contribution in [0.2, 0.25) is 10.2 Å². The standard InChI is InChI=1S/C24H23Cl2F5N6O3/c1-11(38)7-37-10-16(20(26)35-37)22(39)33-14-5-13(8-36(9-14)23(40)21(27)28)32-18-6-19(24(29,30)31)34-17-3-2-12(25)4-15(17)18/h2-4,6,10-11,13-14,21,38H,5,7-9H2,1H3,(H,32,34)(H,33,39)/t11-,13-,14+/m1/s1. The monoisotopic (exact) mass is 608 g/mol. The van der Waals surface area contributed by atoms with E-state index in [1.54, 1.807) is 0 Å². The number of rotatable bonds is 7. The Hall–Kier alpha value is -3.23. The minimum atomic E-state index is -4.78. The molecule has 0 unspecified atom stereocenters. The molecule has 2 aromatic heterocycles. The van der Waals surface area contributed by atoms with Crippen molar-refractivity contribution in [3.05, 3.63) is 51.9 Å². The van der Waals surface area contributed by atoms with Crippen LogP contribution in [0.5, 0.6) is 0 Å². The lowest BCUT2D eigenvalue weighted by Gasteiger charge is -2.38. The molecule has 16 heteroatoms. The Balaban J connectivity index is 1.62. The molecule has 2 amide bonds. The highest BCUT2D eigenvalue weighted by atomic mass is 35.5. The molecule has 0 saturated carbocycles. The number of anilines is 1. The van der Waals surface area contributed by atoms with E-state index < -0.39 is 48.3 Å². The number of alkyl halides is 5. The summed E-state index contributed by atoms with van der Waals surface area (Å²) in [6.07, 6.45) is -7.52. The Labute approximate surface area is 234 Å². The van der Waals surface area contributed by atoms with Gasteiger partial charge in [0, 0.05) is 47.5 Å². The third kappa shape index (κ3) is 6.91. The number of nitrogens with zero attached hydrogens (tertiary/aromatic N) is 4. The Morgan fingerprint density at radius 2 is 1.88 bits per heavy atom. The first-order valence-electron chi connectivity index (χ1n) is 11.9. The van der Waals surface area contributed by atoms with Crippen LogP contribution in [0.4, 0.5) is 27.6 Å². The SMILES string of the molecule is C[C@@H](O)Cn1cc(C(=O)N[C@H]2C[C@@H](Nc3cc(C(F)(F)F)nc4ccc(Cl)cc34)CN(C(=O)C(F)F)C2)c(Cl)n1. The molecule has 3 aromatic rings. The maximum Gasteiger partial charge on any atom is 0.433 e. The molecule has 216 valence electrons. The van der Waals surface area contributed by atoms with Crippen molar-refractivity contribution in [3.63, 3.8) is 0 Å². The Kier molecular flexibility index (Phi) is 8.71. The number of amides is 2. The Bertz CT molecular complexity index is 1420. The molecule has 3 atom stereocenters. The van der Waals surface area contributed by atoms with Crippen molar-refractivity contribution in [3.8, 4) is 0 Å². The van der Waals surface area contributed by atoms with Crippen molar-refractivity contribution in [2.45, 2.75) is 50.7 Å². The van der Waals surface area contributed by atoms with Crippen molar-refractivity contribution in [1.82, 2.24) is 25.0 Å². The predicted octanol–water partition coefficient (Wildman–Crippen LogP) is 4.21. The molecular weight excluding hydrogens is 586 g/mol. The minimum Gasteiger partial charge on any atom is -0.391 e.